The highest BCUT2D eigenvalue weighted by atomic mass is 79.9. The number of ether oxygens (including phenoxy) is 4. The molecule has 1 atom stereocenters. The Morgan fingerprint density at radius 3 is 2.26 bits per heavy atom. The lowest BCUT2D eigenvalue weighted by Gasteiger charge is -2.24. The number of carbonyl (C=O) groups excluding carboxylic acids is 3. The average Bonchev–Trinajstić information content (AvgIpc) is 3.13. The molecular weight excluding hydrogens is 524 g/mol. The Hall–Kier alpha value is -3.15. The van der Waals surface area contributed by atoms with Crippen LogP contribution in [-0.2, 0) is 25.5 Å². The van der Waals surface area contributed by atoms with Gasteiger partial charge >= 0.3 is 18.0 Å². The van der Waals surface area contributed by atoms with E-state index in [1.807, 2.05) is 24.3 Å². The van der Waals surface area contributed by atoms with Crippen LogP contribution >= 0.6 is 15.9 Å². The molecule has 1 aromatic carbocycles. The van der Waals surface area contributed by atoms with E-state index in [4.69, 9.17) is 18.9 Å². The predicted molar refractivity (Wildman–Crippen MR) is 129 cm³/mol. The number of methoxy groups -OCH3 is 1. The van der Waals surface area contributed by atoms with Crippen molar-refractivity contribution in [3.63, 3.8) is 0 Å². The van der Waals surface area contributed by atoms with E-state index in [-0.39, 0.29) is 29.4 Å². The van der Waals surface area contributed by atoms with E-state index in [0.29, 0.717) is 6.54 Å². The minimum absolute atomic E-state index is 0.00325. The molecule has 11 nitrogen and oxygen atoms in total. The molecule has 35 heavy (non-hydrogen) atoms. The Kier molecular flexibility index (Phi) is 10.1. The van der Waals surface area contributed by atoms with Gasteiger partial charge in [-0.3, -0.25) is 0 Å². The lowest BCUT2D eigenvalue weighted by atomic mass is 10.1. The van der Waals surface area contributed by atoms with E-state index in [1.54, 1.807) is 41.7 Å². The third kappa shape index (κ3) is 9.19. The van der Waals surface area contributed by atoms with Gasteiger partial charge in [-0.15, -0.1) is 10.2 Å². The molecule has 0 aliphatic heterocycles. The van der Waals surface area contributed by atoms with Gasteiger partial charge in [0.15, 0.2) is 4.60 Å². The quantitative estimate of drug-likeness (QED) is 0.266. The van der Waals surface area contributed by atoms with Crippen LogP contribution in [0.3, 0.4) is 0 Å². The van der Waals surface area contributed by atoms with E-state index in [9.17, 15) is 14.4 Å². The first-order valence-electron chi connectivity index (χ1n) is 11.0. The number of rotatable bonds is 10. The fourth-order valence-electron chi connectivity index (χ4n) is 2.78. The summed E-state index contributed by atoms with van der Waals surface area (Å²) >= 11 is 3.21. The van der Waals surface area contributed by atoms with E-state index >= 15 is 0 Å². The normalized spacial score (nSPS) is 12.1. The maximum absolute atomic E-state index is 12.4. The number of hydrogen-bond donors (Lipinski definition) is 1. The lowest BCUT2D eigenvalue weighted by Crippen LogP contribution is -2.47. The highest BCUT2D eigenvalue weighted by Gasteiger charge is 2.28. The number of hydrogen-bond acceptors (Lipinski definition) is 9. The SMILES string of the molecule is COc1ccc(Cn2nc(Br)c(C(=O)OCCOC(=O)C(NC(=O)OC(C)(C)C)C(C)C)n2)cc1. The number of esters is 2. The Bertz CT molecular complexity index is 1020. The predicted octanol–water partition coefficient (Wildman–Crippen LogP) is 3.35. The summed E-state index contributed by atoms with van der Waals surface area (Å²) in [5.41, 5.74) is 0.213. The number of carbonyl (C=O) groups is 3. The molecule has 0 bridgehead atoms. The van der Waals surface area contributed by atoms with Crippen LogP contribution in [0.4, 0.5) is 4.79 Å². The zero-order valence-corrected chi connectivity index (χ0v) is 22.2. The number of benzene rings is 1. The lowest BCUT2D eigenvalue weighted by molar-refractivity contribution is -0.148. The molecule has 2 aromatic rings. The highest BCUT2D eigenvalue weighted by Crippen LogP contribution is 2.15. The monoisotopic (exact) mass is 554 g/mol. The summed E-state index contributed by atoms with van der Waals surface area (Å²) in [6.07, 6.45) is -0.720. The van der Waals surface area contributed by atoms with Gasteiger partial charge in [0.1, 0.15) is 30.6 Å². The molecule has 0 fully saturated rings. The van der Waals surface area contributed by atoms with Crippen molar-refractivity contribution in [3.05, 3.63) is 40.1 Å². The number of nitrogens with one attached hydrogen (secondary N) is 1. The molecule has 1 aromatic heterocycles. The molecule has 0 radical (unpaired) electrons. The molecule has 0 aliphatic rings. The van der Waals surface area contributed by atoms with Crippen molar-refractivity contribution < 1.29 is 33.3 Å². The maximum atomic E-state index is 12.4. The third-order valence-electron chi connectivity index (χ3n) is 4.44. The molecule has 0 saturated heterocycles. The summed E-state index contributed by atoms with van der Waals surface area (Å²) < 4.78 is 20.9. The van der Waals surface area contributed by atoms with Crippen molar-refractivity contribution in [2.24, 2.45) is 5.92 Å². The molecule has 1 amide bonds. The Morgan fingerprint density at radius 1 is 1.06 bits per heavy atom. The van der Waals surface area contributed by atoms with Crippen LogP contribution in [0.2, 0.25) is 0 Å². The van der Waals surface area contributed by atoms with Gasteiger partial charge in [0.25, 0.3) is 0 Å². The fraction of sp³-hybridized carbons (Fsp3) is 0.522. The zero-order chi connectivity index (χ0) is 26.2. The standard InChI is InChI=1S/C23H31BrN4O7/c1-14(2)17(25-22(31)35-23(3,4)5)20(29)33-11-12-34-21(30)18-19(24)27-28(26-18)13-15-7-9-16(32-6)10-8-15/h7-10,14,17H,11-13H2,1-6H3,(H,25,31). The minimum Gasteiger partial charge on any atom is -0.497 e. The topological polar surface area (TPSA) is 131 Å². The molecule has 0 spiro atoms. The summed E-state index contributed by atoms with van der Waals surface area (Å²) in [7, 11) is 1.59. The molecule has 0 saturated carbocycles. The van der Waals surface area contributed by atoms with Crippen LogP contribution in [0.25, 0.3) is 0 Å². The molecule has 1 heterocycles. The van der Waals surface area contributed by atoms with Crippen LogP contribution in [0, 0.1) is 5.92 Å². The van der Waals surface area contributed by atoms with Crippen molar-refractivity contribution >= 4 is 34.0 Å². The first-order chi connectivity index (χ1) is 16.4. The molecule has 1 unspecified atom stereocenters. The van der Waals surface area contributed by atoms with Crippen LogP contribution < -0.4 is 10.1 Å². The van der Waals surface area contributed by atoms with Crippen molar-refractivity contribution in [1.82, 2.24) is 20.3 Å². The Labute approximate surface area is 212 Å². The summed E-state index contributed by atoms with van der Waals surface area (Å²) in [4.78, 5) is 38.1. The molecule has 192 valence electrons. The van der Waals surface area contributed by atoms with Crippen molar-refractivity contribution in [2.75, 3.05) is 20.3 Å². The number of aromatic nitrogens is 3. The first kappa shape index (κ1) is 28.1. The second-order valence-electron chi connectivity index (χ2n) is 8.89. The number of halogens is 1. The first-order valence-corrected chi connectivity index (χ1v) is 11.8. The van der Waals surface area contributed by atoms with Crippen molar-refractivity contribution in [2.45, 2.75) is 52.8 Å². The number of amides is 1. The number of nitrogens with zero attached hydrogens (tertiary/aromatic N) is 3. The average molecular weight is 555 g/mol. The summed E-state index contributed by atoms with van der Waals surface area (Å²) in [5, 5.41) is 10.8. The molecule has 2 rings (SSSR count). The van der Waals surface area contributed by atoms with E-state index in [2.05, 4.69) is 31.4 Å². The van der Waals surface area contributed by atoms with Gasteiger partial charge in [0.05, 0.1) is 13.7 Å². The van der Waals surface area contributed by atoms with Crippen LogP contribution in [0.1, 0.15) is 50.7 Å². The molecular formula is C23H31BrN4O7. The highest BCUT2D eigenvalue weighted by molar-refractivity contribution is 9.10. The Morgan fingerprint density at radius 2 is 1.69 bits per heavy atom. The molecule has 12 heteroatoms. The van der Waals surface area contributed by atoms with Crippen LogP contribution in [-0.4, -0.2) is 65.0 Å². The second kappa shape index (κ2) is 12.5. The smallest absolute Gasteiger partial charge is 0.408 e. The summed E-state index contributed by atoms with van der Waals surface area (Å²) in [5.74, 6) is -0.891. The molecule has 1 N–H and O–H groups in total. The van der Waals surface area contributed by atoms with Crippen molar-refractivity contribution in [1.29, 1.82) is 0 Å². The fourth-order valence-corrected chi connectivity index (χ4v) is 3.21. The summed E-state index contributed by atoms with van der Waals surface area (Å²) in [6, 6.07) is 6.45. The van der Waals surface area contributed by atoms with E-state index < -0.39 is 29.7 Å². The maximum Gasteiger partial charge on any atom is 0.408 e. The van der Waals surface area contributed by atoms with Crippen LogP contribution in [0.15, 0.2) is 28.9 Å². The van der Waals surface area contributed by atoms with Crippen molar-refractivity contribution in [3.8, 4) is 5.75 Å². The van der Waals surface area contributed by atoms with E-state index in [1.165, 1.54) is 4.80 Å². The zero-order valence-electron chi connectivity index (χ0n) is 20.7. The second-order valence-corrected chi connectivity index (χ2v) is 9.64. The van der Waals surface area contributed by atoms with Gasteiger partial charge in [-0.2, -0.15) is 4.80 Å². The minimum atomic E-state index is -0.910. The largest absolute Gasteiger partial charge is 0.497 e. The Balaban J connectivity index is 1.84. The van der Waals surface area contributed by atoms with Gasteiger partial charge in [-0.1, -0.05) is 26.0 Å². The van der Waals surface area contributed by atoms with Crippen LogP contribution in [0.5, 0.6) is 5.75 Å². The van der Waals surface area contributed by atoms with E-state index in [0.717, 1.165) is 11.3 Å². The van der Waals surface area contributed by atoms with Gasteiger partial charge in [0, 0.05) is 0 Å². The van der Waals surface area contributed by atoms with Gasteiger partial charge in [-0.25, -0.2) is 14.4 Å². The number of alkyl carbamates (subject to hydrolysis) is 1. The van der Waals surface area contributed by atoms with Gasteiger partial charge in [-0.05, 0) is 60.3 Å². The van der Waals surface area contributed by atoms with Gasteiger partial charge < -0.3 is 24.3 Å². The molecule has 0 aliphatic carbocycles. The summed E-state index contributed by atoms with van der Waals surface area (Å²) in [6.45, 7) is 8.64. The third-order valence-corrected chi connectivity index (χ3v) is 4.98. The van der Waals surface area contributed by atoms with Gasteiger partial charge in [0.2, 0.25) is 5.69 Å².